The minimum atomic E-state index is -0.699. The number of thiazole rings is 1. The Morgan fingerprint density at radius 1 is 1.12 bits per heavy atom. The number of rotatable bonds is 3. The number of nitrogens with two attached hydrogens (primary N) is 1. The van der Waals surface area contributed by atoms with Gasteiger partial charge in [-0.3, -0.25) is 0 Å². The first-order chi connectivity index (χ1) is 11.5. The number of hydrogen-bond acceptors (Lipinski definition) is 3. The van der Waals surface area contributed by atoms with Gasteiger partial charge in [-0.15, -0.1) is 11.3 Å². The van der Waals surface area contributed by atoms with E-state index in [-0.39, 0.29) is 0 Å². The number of amides is 2. The van der Waals surface area contributed by atoms with Crippen LogP contribution in [0.2, 0.25) is 10.0 Å². The number of carbonyl (C=O) groups excluding carboxylic acids is 1. The first kappa shape index (κ1) is 16.8. The molecule has 0 bridgehead atoms. The van der Waals surface area contributed by atoms with Gasteiger partial charge in [0.15, 0.2) is 5.13 Å². The average Bonchev–Trinajstić information content (AvgIpc) is 3.00. The van der Waals surface area contributed by atoms with Gasteiger partial charge >= 0.3 is 6.03 Å². The molecule has 2 N–H and O–H groups in total. The zero-order chi connectivity index (χ0) is 17.3. The van der Waals surface area contributed by atoms with E-state index in [1.54, 1.807) is 18.2 Å². The number of urea groups is 1. The number of carbonyl (C=O) groups is 1. The maximum atomic E-state index is 12.0. The molecule has 2 aromatic carbocycles. The highest BCUT2D eigenvalue weighted by molar-refractivity contribution is 7.14. The molecule has 4 nitrogen and oxygen atoms in total. The number of anilines is 2. The molecule has 24 heavy (non-hydrogen) atoms. The molecular formula is C17H13Cl2N3OS. The minimum Gasteiger partial charge on any atom is -0.351 e. The lowest BCUT2D eigenvalue weighted by molar-refractivity contribution is 0.256. The van der Waals surface area contributed by atoms with E-state index in [4.69, 9.17) is 28.9 Å². The molecule has 7 heteroatoms. The number of aromatic nitrogens is 1. The summed E-state index contributed by atoms with van der Waals surface area (Å²) in [5.41, 5.74) is 8.75. The summed E-state index contributed by atoms with van der Waals surface area (Å²) in [7, 11) is 0. The first-order valence-electron chi connectivity index (χ1n) is 7.03. The van der Waals surface area contributed by atoms with Crippen molar-refractivity contribution in [3.63, 3.8) is 0 Å². The predicted octanol–water partition coefficient (Wildman–Crippen LogP) is 5.64. The van der Waals surface area contributed by atoms with E-state index in [1.807, 2.05) is 36.6 Å². The Bertz CT molecular complexity index is 873. The Hall–Kier alpha value is -2.08. The van der Waals surface area contributed by atoms with Crippen molar-refractivity contribution in [2.24, 2.45) is 5.73 Å². The molecule has 0 aliphatic carbocycles. The predicted molar refractivity (Wildman–Crippen MR) is 100 cm³/mol. The summed E-state index contributed by atoms with van der Waals surface area (Å²) in [4.78, 5) is 17.7. The third-order valence-corrected chi connectivity index (χ3v) is 4.85. The Morgan fingerprint density at radius 2 is 1.75 bits per heavy atom. The molecule has 1 heterocycles. The fourth-order valence-corrected chi connectivity index (χ4v) is 3.64. The van der Waals surface area contributed by atoms with Crippen LogP contribution in [0.5, 0.6) is 0 Å². The third kappa shape index (κ3) is 3.24. The summed E-state index contributed by atoms with van der Waals surface area (Å²) in [6, 6.07) is 12.3. The lowest BCUT2D eigenvalue weighted by atomic mass is 10.1. The number of hydrogen-bond donors (Lipinski definition) is 1. The number of aryl methyl sites for hydroxylation is 1. The van der Waals surface area contributed by atoms with E-state index >= 15 is 0 Å². The van der Waals surface area contributed by atoms with Crippen molar-refractivity contribution in [1.82, 2.24) is 4.98 Å². The molecule has 3 rings (SSSR count). The van der Waals surface area contributed by atoms with Crippen LogP contribution in [-0.4, -0.2) is 11.0 Å². The molecule has 0 unspecified atom stereocenters. The van der Waals surface area contributed by atoms with E-state index in [0.29, 0.717) is 20.9 Å². The molecule has 0 fully saturated rings. The van der Waals surface area contributed by atoms with Gasteiger partial charge in [0.1, 0.15) is 0 Å². The Kier molecular flexibility index (Phi) is 4.76. The van der Waals surface area contributed by atoms with E-state index in [0.717, 1.165) is 16.8 Å². The Morgan fingerprint density at radius 3 is 2.33 bits per heavy atom. The van der Waals surface area contributed by atoms with Gasteiger partial charge in [-0.2, -0.15) is 0 Å². The second-order valence-corrected chi connectivity index (χ2v) is 6.78. The second kappa shape index (κ2) is 6.81. The highest BCUT2D eigenvalue weighted by Crippen LogP contribution is 2.39. The number of nitrogens with zero attached hydrogens (tertiary/aromatic N) is 2. The summed E-state index contributed by atoms with van der Waals surface area (Å²) >= 11 is 13.7. The van der Waals surface area contributed by atoms with E-state index in [1.165, 1.54) is 16.2 Å². The fourth-order valence-electron chi connectivity index (χ4n) is 2.23. The van der Waals surface area contributed by atoms with Crippen molar-refractivity contribution in [2.45, 2.75) is 6.92 Å². The summed E-state index contributed by atoms with van der Waals surface area (Å²) in [6.45, 7) is 2.02. The summed E-state index contributed by atoms with van der Waals surface area (Å²) in [5, 5.41) is 2.93. The molecule has 0 spiro atoms. The van der Waals surface area contributed by atoms with Crippen LogP contribution < -0.4 is 10.6 Å². The molecule has 0 aliphatic heterocycles. The van der Waals surface area contributed by atoms with Gasteiger partial charge in [-0.05, 0) is 19.1 Å². The van der Waals surface area contributed by atoms with Gasteiger partial charge in [-0.25, -0.2) is 14.7 Å². The molecule has 0 aliphatic rings. The molecule has 122 valence electrons. The average molecular weight is 378 g/mol. The number of halogens is 2. The van der Waals surface area contributed by atoms with E-state index < -0.39 is 6.03 Å². The largest absolute Gasteiger partial charge is 0.351 e. The molecule has 0 saturated carbocycles. The van der Waals surface area contributed by atoms with Crippen molar-refractivity contribution in [1.29, 1.82) is 0 Å². The number of primary amides is 1. The van der Waals surface area contributed by atoms with Gasteiger partial charge in [0.05, 0.1) is 21.4 Å². The first-order valence-corrected chi connectivity index (χ1v) is 8.67. The highest BCUT2D eigenvalue weighted by Gasteiger charge is 2.24. The van der Waals surface area contributed by atoms with Crippen LogP contribution in [0.15, 0.2) is 47.8 Å². The Balaban J connectivity index is 2.05. The zero-order valence-electron chi connectivity index (χ0n) is 12.7. The normalized spacial score (nSPS) is 10.6. The van der Waals surface area contributed by atoms with Crippen molar-refractivity contribution >= 4 is 51.4 Å². The molecular weight excluding hydrogens is 365 g/mol. The summed E-state index contributed by atoms with van der Waals surface area (Å²) in [5.74, 6) is 0. The van der Waals surface area contributed by atoms with Crippen LogP contribution in [0.25, 0.3) is 11.3 Å². The summed E-state index contributed by atoms with van der Waals surface area (Å²) in [6.07, 6.45) is 0. The number of para-hydroxylation sites is 1. The molecule has 0 atom stereocenters. The quantitative estimate of drug-likeness (QED) is 0.641. The van der Waals surface area contributed by atoms with E-state index in [9.17, 15) is 4.79 Å². The van der Waals surface area contributed by atoms with Crippen molar-refractivity contribution < 1.29 is 4.79 Å². The zero-order valence-corrected chi connectivity index (χ0v) is 15.0. The maximum absolute atomic E-state index is 12.0. The standard InChI is InChI=1S/C17H13Cl2N3OS/c1-10-5-7-11(8-6-10)14-9-24-17(21-14)22(16(20)23)15-12(18)3-2-4-13(15)19/h2-9H,1H3,(H2,20,23). The van der Waals surface area contributed by atoms with Gasteiger partial charge < -0.3 is 5.73 Å². The molecule has 0 radical (unpaired) electrons. The monoisotopic (exact) mass is 377 g/mol. The van der Waals surface area contributed by atoms with Gasteiger partial charge in [-0.1, -0.05) is 59.1 Å². The fraction of sp³-hybridized carbons (Fsp3) is 0.0588. The van der Waals surface area contributed by atoms with Crippen molar-refractivity contribution in [3.05, 3.63) is 63.5 Å². The van der Waals surface area contributed by atoms with Crippen LogP contribution in [0.4, 0.5) is 15.6 Å². The molecule has 2 amide bonds. The lowest BCUT2D eigenvalue weighted by Gasteiger charge is -2.19. The van der Waals surface area contributed by atoms with Crippen molar-refractivity contribution in [3.8, 4) is 11.3 Å². The summed E-state index contributed by atoms with van der Waals surface area (Å²) < 4.78 is 0. The maximum Gasteiger partial charge on any atom is 0.325 e. The number of benzene rings is 2. The third-order valence-electron chi connectivity index (χ3n) is 3.41. The van der Waals surface area contributed by atoms with Crippen LogP contribution >= 0.6 is 34.5 Å². The van der Waals surface area contributed by atoms with Crippen LogP contribution in [0.3, 0.4) is 0 Å². The van der Waals surface area contributed by atoms with Crippen molar-refractivity contribution in [2.75, 3.05) is 4.90 Å². The van der Waals surface area contributed by atoms with Crippen LogP contribution in [-0.2, 0) is 0 Å². The van der Waals surface area contributed by atoms with Gasteiger partial charge in [0.25, 0.3) is 0 Å². The van der Waals surface area contributed by atoms with Gasteiger partial charge in [0.2, 0.25) is 0 Å². The van der Waals surface area contributed by atoms with Gasteiger partial charge in [0, 0.05) is 10.9 Å². The SMILES string of the molecule is Cc1ccc(-c2csc(N(C(N)=O)c3c(Cl)cccc3Cl)n2)cc1. The topological polar surface area (TPSA) is 59.2 Å². The molecule has 0 saturated heterocycles. The minimum absolute atomic E-state index is 0.327. The van der Waals surface area contributed by atoms with E-state index in [2.05, 4.69) is 4.98 Å². The Labute approximate surface area is 153 Å². The molecule has 1 aromatic heterocycles. The van der Waals surface area contributed by atoms with Crippen LogP contribution in [0, 0.1) is 6.92 Å². The van der Waals surface area contributed by atoms with Crippen LogP contribution in [0.1, 0.15) is 5.56 Å². The molecule has 3 aromatic rings. The lowest BCUT2D eigenvalue weighted by Crippen LogP contribution is -2.31. The second-order valence-electron chi connectivity index (χ2n) is 5.13. The highest BCUT2D eigenvalue weighted by atomic mass is 35.5. The smallest absolute Gasteiger partial charge is 0.325 e.